The van der Waals surface area contributed by atoms with Gasteiger partial charge >= 0.3 is 0 Å². The molecule has 3 rings (SSSR count). The number of benzene rings is 3. The Morgan fingerprint density at radius 1 is 0.640 bits per heavy atom. The SMILES string of the molecule is ClC(CCN(Cc1ccccc1)Cc1ccccc1)c1ccccc1. The number of hydrogen-bond donors (Lipinski definition) is 0. The summed E-state index contributed by atoms with van der Waals surface area (Å²) in [7, 11) is 0. The highest BCUT2D eigenvalue weighted by Crippen LogP contribution is 2.24. The molecule has 0 aromatic heterocycles. The predicted octanol–water partition coefficient (Wildman–Crippen LogP) is 6.06. The van der Waals surface area contributed by atoms with Gasteiger partial charge in [-0.15, -0.1) is 11.6 Å². The maximum Gasteiger partial charge on any atom is 0.0597 e. The van der Waals surface area contributed by atoms with Crippen LogP contribution in [0.2, 0.25) is 0 Å². The van der Waals surface area contributed by atoms with Crippen molar-refractivity contribution in [1.29, 1.82) is 0 Å². The largest absolute Gasteiger partial charge is 0.295 e. The van der Waals surface area contributed by atoms with E-state index in [1.807, 2.05) is 6.07 Å². The van der Waals surface area contributed by atoms with Crippen molar-refractivity contribution in [2.45, 2.75) is 24.9 Å². The number of alkyl halides is 1. The summed E-state index contributed by atoms with van der Waals surface area (Å²) >= 11 is 6.63. The molecule has 0 bridgehead atoms. The monoisotopic (exact) mass is 349 g/mol. The van der Waals surface area contributed by atoms with Crippen LogP contribution in [0.3, 0.4) is 0 Å². The Kier molecular flexibility index (Phi) is 6.67. The van der Waals surface area contributed by atoms with Crippen molar-refractivity contribution in [3.8, 4) is 0 Å². The van der Waals surface area contributed by atoms with Crippen LogP contribution in [0.25, 0.3) is 0 Å². The van der Waals surface area contributed by atoms with Crippen molar-refractivity contribution in [3.63, 3.8) is 0 Å². The van der Waals surface area contributed by atoms with Gasteiger partial charge in [-0.1, -0.05) is 91.0 Å². The van der Waals surface area contributed by atoms with E-state index >= 15 is 0 Å². The molecule has 2 heteroatoms. The lowest BCUT2D eigenvalue weighted by molar-refractivity contribution is 0.252. The van der Waals surface area contributed by atoms with Crippen molar-refractivity contribution in [3.05, 3.63) is 108 Å². The second kappa shape index (κ2) is 9.41. The van der Waals surface area contributed by atoms with E-state index in [1.54, 1.807) is 0 Å². The third-order valence-corrected chi connectivity index (χ3v) is 4.83. The van der Waals surface area contributed by atoms with Crippen LogP contribution in [0.1, 0.15) is 28.5 Å². The molecule has 3 aromatic carbocycles. The highest BCUT2D eigenvalue weighted by Gasteiger charge is 2.12. The standard InChI is InChI=1S/C23H24ClN/c24-23(22-14-8-3-9-15-22)16-17-25(18-20-10-4-1-5-11-20)19-21-12-6-2-7-13-21/h1-15,23H,16-19H2. The van der Waals surface area contributed by atoms with Gasteiger partial charge in [0, 0.05) is 19.6 Å². The summed E-state index contributed by atoms with van der Waals surface area (Å²) in [5.41, 5.74) is 3.87. The zero-order chi connectivity index (χ0) is 17.3. The lowest BCUT2D eigenvalue weighted by atomic mass is 10.1. The fourth-order valence-corrected chi connectivity index (χ4v) is 3.26. The third-order valence-electron chi connectivity index (χ3n) is 4.36. The van der Waals surface area contributed by atoms with Gasteiger partial charge in [0.25, 0.3) is 0 Å². The first-order valence-electron chi connectivity index (χ1n) is 8.80. The molecule has 128 valence electrons. The molecule has 0 N–H and O–H groups in total. The maximum atomic E-state index is 6.63. The molecular formula is C23H24ClN. The summed E-state index contributed by atoms with van der Waals surface area (Å²) in [6.07, 6.45) is 0.936. The molecule has 0 heterocycles. The van der Waals surface area contributed by atoms with Gasteiger partial charge in [-0.2, -0.15) is 0 Å². The lowest BCUT2D eigenvalue weighted by Gasteiger charge is -2.24. The zero-order valence-electron chi connectivity index (χ0n) is 14.4. The highest BCUT2D eigenvalue weighted by atomic mass is 35.5. The van der Waals surface area contributed by atoms with Crippen LogP contribution < -0.4 is 0 Å². The summed E-state index contributed by atoms with van der Waals surface area (Å²) < 4.78 is 0. The van der Waals surface area contributed by atoms with Crippen molar-refractivity contribution in [2.75, 3.05) is 6.54 Å². The van der Waals surface area contributed by atoms with Gasteiger partial charge < -0.3 is 0 Å². The molecule has 1 nitrogen and oxygen atoms in total. The van der Waals surface area contributed by atoms with Crippen LogP contribution in [0, 0.1) is 0 Å². The van der Waals surface area contributed by atoms with E-state index in [0.717, 1.165) is 26.1 Å². The average molecular weight is 350 g/mol. The molecule has 0 saturated heterocycles. The number of halogens is 1. The second-order valence-corrected chi connectivity index (χ2v) is 6.88. The van der Waals surface area contributed by atoms with Crippen molar-refractivity contribution < 1.29 is 0 Å². The van der Waals surface area contributed by atoms with Crippen LogP contribution >= 0.6 is 11.6 Å². The van der Waals surface area contributed by atoms with Gasteiger partial charge in [-0.3, -0.25) is 4.90 Å². The Bertz CT molecular complexity index is 686. The minimum absolute atomic E-state index is 0.0512. The molecule has 0 aliphatic heterocycles. The van der Waals surface area contributed by atoms with Crippen LogP contribution in [-0.2, 0) is 13.1 Å². The van der Waals surface area contributed by atoms with Gasteiger partial charge in [0.1, 0.15) is 0 Å². The topological polar surface area (TPSA) is 3.24 Å². The fourth-order valence-electron chi connectivity index (χ4n) is 3.02. The molecular weight excluding hydrogens is 326 g/mol. The first-order valence-corrected chi connectivity index (χ1v) is 9.24. The summed E-state index contributed by atoms with van der Waals surface area (Å²) in [5.74, 6) is 0. The van der Waals surface area contributed by atoms with E-state index in [9.17, 15) is 0 Å². The summed E-state index contributed by atoms with van der Waals surface area (Å²) in [6, 6.07) is 31.6. The molecule has 0 aliphatic carbocycles. The van der Waals surface area contributed by atoms with Crippen LogP contribution in [0.15, 0.2) is 91.0 Å². The molecule has 0 aliphatic rings. The first-order chi connectivity index (χ1) is 12.3. The van der Waals surface area contributed by atoms with Crippen LogP contribution in [0.4, 0.5) is 0 Å². The minimum atomic E-state index is 0.0512. The normalized spacial score (nSPS) is 12.2. The minimum Gasteiger partial charge on any atom is -0.295 e. The Morgan fingerprint density at radius 3 is 1.56 bits per heavy atom. The van der Waals surface area contributed by atoms with Gasteiger partial charge in [0.2, 0.25) is 0 Å². The quantitative estimate of drug-likeness (QED) is 0.447. The molecule has 0 amide bonds. The fraction of sp³-hybridized carbons (Fsp3) is 0.217. The van der Waals surface area contributed by atoms with Crippen LogP contribution in [-0.4, -0.2) is 11.4 Å². The lowest BCUT2D eigenvalue weighted by Crippen LogP contribution is -2.24. The first kappa shape index (κ1) is 17.7. The Morgan fingerprint density at radius 2 is 1.08 bits per heavy atom. The summed E-state index contributed by atoms with van der Waals surface area (Å²) in [5, 5.41) is 0.0512. The van der Waals surface area contributed by atoms with Crippen molar-refractivity contribution in [2.24, 2.45) is 0 Å². The number of hydrogen-bond acceptors (Lipinski definition) is 1. The van der Waals surface area contributed by atoms with Gasteiger partial charge in [-0.25, -0.2) is 0 Å². The second-order valence-electron chi connectivity index (χ2n) is 6.35. The van der Waals surface area contributed by atoms with E-state index in [2.05, 4.69) is 89.8 Å². The van der Waals surface area contributed by atoms with Gasteiger partial charge in [-0.05, 0) is 23.1 Å². The summed E-state index contributed by atoms with van der Waals surface area (Å²) in [4.78, 5) is 2.48. The van der Waals surface area contributed by atoms with E-state index in [4.69, 9.17) is 11.6 Å². The van der Waals surface area contributed by atoms with E-state index in [-0.39, 0.29) is 5.38 Å². The average Bonchev–Trinajstić information content (AvgIpc) is 2.68. The molecule has 1 unspecified atom stereocenters. The molecule has 0 fully saturated rings. The predicted molar refractivity (Wildman–Crippen MR) is 107 cm³/mol. The smallest absolute Gasteiger partial charge is 0.0597 e. The van der Waals surface area contributed by atoms with Gasteiger partial charge in [0.15, 0.2) is 0 Å². The molecule has 3 aromatic rings. The molecule has 0 saturated carbocycles. The Labute approximate surface area is 155 Å². The zero-order valence-corrected chi connectivity index (χ0v) is 15.1. The molecule has 0 spiro atoms. The van der Waals surface area contributed by atoms with Gasteiger partial charge in [0.05, 0.1) is 5.38 Å². The maximum absolute atomic E-state index is 6.63. The van der Waals surface area contributed by atoms with Crippen molar-refractivity contribution >= 4 is 11.6 Å². The molecule has 25 heavy (non-hydrogen) atoms. The summed E-state index contributed by atoms with van der Waals surface area (Å²) in [6.45, 7) is 2.84. The number of rotatable bonds is 8. The molecule has 0 radical (unpaired) electrons. The van der Waals surface area contributed by atoms with E-state index < -0.39 is 0 Å². The van der Waals surface area contributed by atoms with E-state index in [0.29, 0.717) is 0 Å². The van der Waals surface area contributed by atoms with Crippen LogP contribution in [0.5, 0.6) is 0 Å². The molecule has 1 atom stereocenters. The third kappa shape index (κ3) is 5.74. The highest BCUT2D eigenvalue weighted by molar-refractivity contribution is 6.20. The van der Waals surface area contributed by atoms with Crippen molar-refractivity contribution in [1.82, 2.24) is 4.90 Å². The number of nitrogens with zero attached hydrogens (tertiary/aromatic N) is 1. The Hall–Kier alpha value is -2.09. The van der Waals surface area contributed by atoms with E-state index in [1.165, 1.54) is 16.7 Å². The Balaban J connectivity index is 1.65.